The molecule has 100 valence electrons. The molecule has 1 unspecified atom stereocenters. The molecule has 0 heterocycles. The van der Waals surface area contributed by atoms with E-state index in [1.54, 1.807) is 0 Å². The highest BCUT2D eigenvalue weighted by Gasteiger charge is 2.10. The van der Waals surface area contributed by atoms with Gasteiger partial charge in [-0.3, -0.25) is 4.79 Å². The maximum absolute atomic E-state index is 12.0. The van der Waals surface area contributed by atoms with Crippen molar-refractivity contribution in [2.24, 2.45) is 5.92 Å². The topological polar surface area (TPSA) is 29.1 Å². The maximum atomic E-state index is 12.0. The molecular formula is C14H19Br2NO. The molecule has 0 bridgehead atoms. The second kappa shape index (κ2) is 8.70. The van der Waals surface area contributed by atoms with Gasteiger partial charge >= 0.3 is 0 Å². The Hall–Kier alpha value is -0.350. The van der Waals surface area contributed by atoms with E-state index in [4.69, 9.17) is 0 Å². The summed E-state index contributed by atoms with van der Waals surface area (Å²) in [6.45, 7) is 2.93. The van der Waals surface area contributed by atoms with Gasteiger partial charge in [0.25, 0.3) is 5.91 Å². The normalized spacial score (nSPS) is 12.2. The average Bonchev–Trinajstić information content (AvgIpc) is 2.36. The molecule has 4 heteroatoms. The van der Waals surface area contributed by atoms with Crippen LogP contribution in [0.3, 0.4) is 0 Å². The Balaban J connectivity index is 2.49. The number of carbonyl (C=O) groups is 1. The summed E-state index contributed by atoms with van der Waals surface area (Å²) in [6.07, 6.45) is 3.42. The van der Waals surface area contributed by atoms with Crippen LogP contribution in [0.25, 0.3) is 0 Å². The average molecular weight is 377 g/mol. The van der Waals surface area contributed by atoms with Crippen LogP contribution in [0.1, 0.15) is 36.5 Å². The quantitative estimate of drug-likeness (QED) is 0.703. The Bertz CT molecular complexity index is 376. The minimum atomic E-state index is 0.00646. The first-order valence-corrected chi connectivity index (χ1v) is 8.18. The van der Waals surface area contributed by atoms with E-state index in [1.807, 2.05) is 24.3 Å². The number of rotatable bonds is 7. The number of alkyl halides is 1. The molecule has 2 nitrogen and oxygen atoms in total. The van der Waals surface area contributed by atoms with Crippen molar-refractivity contribution >= 4 is 37.8 Å². The van der Waals surface area contributed by atoms with Crippen LogP contribution in [0.5, 0.6) is 0 Å². The number of hydrogen-bond donors (Lipinski definition) is 1. The monoisotopic (exact) mass is 375 g/mol. The highest BCUT2D eigenvalue weighted by Crippen LogP contribution is 2.13. The second-order valence-corrected chi connectivity index (χ2v) is 6.06. The third kappa shape index (κ3) is 5.53. The summed E-state index contributed by atoms with van der Waals surface area (Å²) < 4.78 is 0.931. The van der Waals surface area contributed by atoms with Crippen molar-refractivity contribution in [1.82, 2.24) is 5.32 Å². The summed E-state index contributed by atoms with van der Waals surface area (Å²) in [4.78, 5) is 12.0. The van der Waals surface area contributed by atoms with Crippen molar-refractivity contribution in [1.29, 1.82) is 0 Å². The third-order valence-corrected chi connectivity index (χ3v) is 3.80. The van der Waals surface area contributed by atoms with E-state index in [-0.39, 0.29) is 5.91 Å². The lowest BCUT2D eigenvalue weighted by Crippen LogP contribution is -2.29. The van der Waals surface area contributed by atoms with E-state index in [9.17, 15) is 4.79 Å². The fourth-order valence-corrected chi connectivity index (χ4v) is 2.93. The number of amides is 1. The van der Waals surface area contributed by atoms with E-state index >= 15 is 0 Å². The van der Waals surface area contributed by atoms with Gasteiger partial charge in [0, 0.05) is 21.9 Å². The molecule has 0 saturated carbocycles. The predicted molar refractivity (Wildman–Crippen MR) is 83.3 cm³/mol. The first-order chi connectivity index (χ1) is 8.67. The van der Waals surface area contributed by atoms with Crippen LogP contribution in [0.15, 0.2) is 28.7 Å². The number of halogens is 2. The van der Waals surface area contributed by atoms with Crippen LogP contribution in [0.2, 0.25) is 0 Å². The van der Waals surface area contributed by atoms with Crippen molar-refractivity contribution in [3.63, 3.8) is 0 Å². The summed E-state index contributed by atoms with van der Waals surface area (Å²) in [5, 5.41) is 4.01. The van der Waals surface area contributed by atoms with Gasteiger partial charge in [0.1, 0.15) is 0 Å². The molecule has 0 aromatic heterocycles. The third-order valence-electron chi connectivity index (χ3n) is 2.85. The zero-order chi connectivity index (χ0) is 13.4. The first-order valence-electron chi connectivity index (χ1n) is 6.27. The molecule has 1 amide bonds. The van der Waals surface area contributed by atoms with Crippen LogP contribution in [0, 0.1) is 5.92 Å². The van der Waals surface area contributed by atoms with Crippen molar-refractivity contribution in [2.75, 3.05) is 11.9 Å². The molecule has 0 aliphatic carbocycles. The van der Waals surface area contributed by atoms with E-state index in [0.717, 1.165) is 35.6 Å². The van der Waals surface area contributed by atoms with Gasteiger partial charge < -0.3 is 5.32 Å². The molecule has 0 saturated heterocycles. The van der Waals surface area contributed by atoms with Crippen LogP contribution >= 0.6 is 31.9 Å². The van der Waals surface area contributed by atoms with Gasteiger partial charge in [-0.15, -0.1) is 0 Å². The molecule has 1 N–H and O–H groups in total. The van der Waals surface area contributed by atoms with Crippen molar-refractivity contribution in [2.45, 2.75) is 26.2 Å². The fraction of sp³-hybridized carbons (Fsp3) is 0.500. The Kier molecular flexibility index (Phi) is 7.59. The smallest absolute Gasteiger partial charge is 0.251 e. The summed E-state index contributed by atoms with van der Waals surface area (Å²) in [7, 11) is 0. The van der Waals surface area contributed by atoms with Gasteiger partial charge in [-0.1, -0.05) is 51.3 Å². The highest BCUT2D eigenvalue weighted by atomic mass is 79.9. The van der Waals surface area contributed by atoms with Crippen LogP contribution in [-0.2, 0) is 0 Å². The largest absolute Gasteiger partial charge is 0.352 e. The van der Waals surface area contributed by atoms with E-state index in [1.165, 1.54) is 0 Å². The first kappa shape index (κ1) is 15.7. The standard InChI is InChI=1S/C14H19Br2NO/c1-2-4-11(7-8-15)10-17-14(18)12-5-3-6-13(16)9-12/h3,5-6,9,11H,2,4,7-8,10H2,1H3,(H,17,18). The number of carbonyl (C=O) groups excluding carboxylic acids is 1. The molecule has 1 aromatic carbocycles. The van der Waals surface area contributed by atoms with Gasteiger partial charge in [-0.25, -0.2) is 0 Å². The lowest BCUT2D eigenvalue weighted by molar-refractivity contribution is 0.0946. The lowest BCUT2D eigenvalue weighted by Gasteiger charge is -2.15. The Morgan fingerprint density at radius 1 is 1.39 bits per heavy atom. The summed E-state index contributed by atoms with van der Waals surface area (Å²) in [6, 6.07) is 7.47. The Labute approximate surface area is 126 Å². The van der Waals surface area contributed by atoms with Gasteiger partial charge in [0.05, 0.1) is 0 Å². The predicted octanol–water partition coefficient (Wildman–Crippen LogP) is 4.38. The van der Waals surface area contributed by atoms with E-state index in [0.29, 0.717) is 11.5 Å². The second-order valence-electron chi connectivity index (χ2n) is 4.35. The SMILES string of the molecule is CCCC(CCBr)CNC(=O)c1cccc(Br)c1. The molecule has 1 atom stereocenters. The summed E-state index contributed by atoms with van der Waals surface area (Å²) >= 11 is 6.84. The van der Waals surface area contributed by atoms with Crippen molar-refractivity contribution < 1.29 is 4.79 Å². The van der Waals surface area contributed by atoms with Gasteiger partial charge in [0.15, 0.2) is 0 Å². The molecular weight excluding hydrogens is 358 g/mol. The minimum Gasteiger partial charge on any atom is -0.352 e. The van der Waals surface area contributed by atoms with Gasteiger partial charge in [-0.05, 0) is 37.0 Å². The number of nitrogens with one attached hydrogen (secondary N) is 1. The summed E-state index contributed by atoms with van der Waals surface area (Å²) in [5.41, 5.74) is 0.707. The Morgan fingerprint density at radius 3 is 2.78 bits per heavy atom. The molecule has 0 fully saturated rings. The zero-order valence-corrected chi connectivity index (χ0v) is 13.8. The molecule has 0 aliphatic heterocycles. The van der Waals surface area contributed by atoms with Crippen LogP contribution < -0.4 is 5.32 Å². The van der Waals surface area contributed by atoms with Crippen molar-refractivity contribution in [3.8, 4) is 0 Å². The highest BCUT2D eigenvalue weighted by molar-refractivity contribution is 9.10. The molecule has 1 aromatic rings. The maximum Gasteiger partial charge on any atom is 0.251 e. The molecule has 1 rings (SSSR count). The molecule has 0 aliphatic rings. The fourth-order valence-electron chi connectivity index (χ4n) is 1.88. The van der Waals surface area contributed by atoms with Crippen LogP contribution in [-0.4, -0.2) is 17.8 Å². The molecule has 0 radical (unpaired) electrons. The van der Waals surface area contributed by atoms with Gasteiger partial charge in [-0.2, -0.15) is 0 Å². The number of hydrogen-bond acceptors (Lipinski definition) is 1. The van der Waals surface area contributed by atoms with Crippen LogP contribution in [0.4, 0.5) is 0 Å². The zero-order valence-electron chi connectivity index (χ0n) is 10.6. The van der Waals surface area contributed by atoms with Gasteiger partial charge in [0.2, 0.25) is 0 Å². The molecule has 18 heavy (non-hydrogen) atoms. The lowest BCUT2D eigenvalue weighted by atomic mass is 10.0. The van der Waals surface area contributed by atoms with E-state index < -0.39 is 0 Å². The number of benzene rings is 1. The Morgan fingerprint density at radius 2 is 2.17 bits per heavy atom. The minimum absolute atomic E-state index is 0.00646. The summed E-state index contributed by atoms with van der Waals surface area (Å²) in [5.74, 6) is 0.567. The van der Waals surface area contributed by atoms with E-state index in [2.05, 4.69) is 44.1 Å². The molecule has 0 spiro atoms. The van der Waals surface area contributed by atoms with Crippen molar-refractivity contribution in [3.05, 3.63) is 34.3 Å².